The number of sulfonamides is 1. The van der Waals surface area contributed by atoms with Crippen molar-refractivity contribution in [1.82, 2.24) is 14.5 Å². The van der Waals surface area contributed by atoms with Crippen LogP contribution in [0, 0.1) is 0 Å². The summed E-state index contributed by atoms with van der Waals surface area (Å²) in [6.45, 7) is 1.81. The Morgan fingerprint density at radius 2 is 1.85 bits per heavy atom. The average Bonchev–Trinajstić information content (AvgIpc) is 3.26. The number of hydrogen-bond donors (Lipinski definition) is 1. The van der Waals surface area contributed by atoms with E-state index in [-0.39, 0.29) is 17.9 Å². The molecule has 2 aromatic carbocycles. The van der Waals surface area contributed by atoms with Gasteiger partial charge < -0.3 is 14.2 Å². The highest BCUT2D eigenvalue weighted by Crippen LogP contribution is 2.36. The minimum Gasteiger partial charge on any atom is -0.496 e. The first-order valence-corrected chi connectivity index (χ1v) is 11.3. The van der Waals surface area contributed by atoms with Gasteiger partial charge in [-0.15, -0.1) is 13.2 Å². The maximum absolute atomic E-state index is 12.9. The molecular formula is C21H20F3N3O6S. The quantitative estimate of drug-likeness (QED) is 0.481. The van der Waals surface area contributed by atoms with Gasteiger partial charge in [-0.1, -0.05) is 12.1 Å². The summed E-state index contributed by atoms with van der Waals surface area (Å²) in [6, 6.07) is 9.04. The van der Waals surface area contributed by atoms with Gasteiger partial charge in [-0.05, 0) is 37.3 Å². The minimum absolute atomic E-state index is 0.0408. The Hall–Kier alpha value is -3.74. The maximum Gasteiger partial charge on any atom is 0.573 e. The monoisotopic (exact) mass is 499 g/mol. The molecule has 1 amide bonds. The topological polar surface area (TPSA) is 109 Å². The highest BCUT2D eigenvalue weighted by Gasteiger charge is 2.36. The van der Waals surface area contributed by atoms with Gasteiger partial charge in [-0.3, -0.25) is 9.48 Å². The minimum atomic E-state index is -5.17. The molecule has 182 valence electrons. The number of ether oxygens (including phenoxy) is 3. The van der Waals surface area contributed by atoms with E-state index in [2.05, 4.69) is 9.84 Å². The molecule has 0 aliphatic carbocycles. The van der Waals surface area contributed by atoms with Gasteiger partial charge in [0, 0.05) is 23.5 Å². The number of halogens is 3. The Kier molecular flexibility index (Phi) is 7.35. The Morgan fingerprint density at radius 1 is 1.12 bits per heavy atom. The molecule has 0 saturated heterocycles. The van der Waals surface area contributed by atoms with Crippen molar-refractivity contribution in [3.63, 3.8) is 0 Å². The Labute approximate surface area is 193 Å². The van der Waals surface area contributed by atoms with Crippen LogP contribution in [0.2, 0.25) is 0 Å². The largest absolute Gasteiger partial charge is 0.573 e. The molecule has 0 bridgehead atoms. The Morgan fingerprint density at radius 3 is 2.47 bits per heavy atom. The summed E-state index contributed by atoms with van der Waals surface area (Å²) < 4.78 is 82.1. The maximum atomic E-state index is 12.9. The van der Waals surface area contributed by atoms with E-state index in [0.717, 1.165) is 18.2 Å². The fourth-order valence-electron chi connectivity index (χ4n) is 3.05. The second-order valence-corrected chi connectivity index (χ2v) is 8.35. The average molecular weight is 499 g/mol. The number of carbonyl (C=O) groups excluding carboxylic acids is 1. The van der Waals surface area contributed by atoms with Crippen LogP contribution in [0.25, 0.3) is 0 Å². The zero-order chi connectivity index (χ0) is 24.9. The highest BCUT2D eigenvalue weighted by atomic mass is 32.2. The lowest BCUT2D eigenvalue weighted by molar-refractivity contribution is -0.275. The molecule has 1 aromatic heterocycles. The molecule has 34 heavy (non-hydrogen) atoms. The molecule has 0 atom stereocenters. The predicted octanol–water partition coefficient (Wildman–Crippen LogP) is 3.36. The van der Waals surface area contributed by atoms with Gasteiger partial charge in [-0.2, -0.15) is 5.10 Å². The third-order valence-electron chi connectivity index (χ3n) is 4.40. The van der Waals surface area contributed by atoms with Crippen molar-refractivity contribution >= 4 is 15.9 Å². The molecule has 0 saturated carbocycles. The van der Waals surface area contributed by atoms with Crippen LogP contribution in [0.5, 0.6) is 17.2 Å². The van der Waals surface area contributed by atoms with Crippen LogP contribution < -0.4 is 18.9 Å². The van der Waals surface area contributed by atoms with Crippen LogP contribution in [-0.2, 0) is 16.6 Å². The van der Waals surface area contributed by atoms with Crippen molar-refractivity contribution in [1.29, 1.82) is 0 Å². The lowest BCUT2D eigenvalue weighted by Gasteiger charge is -2.17. The number of nitrogens with one attached hydrogen (secondary N) is 1. The highest BCUT2D eigenvalue weighted by molar-refractivity contribution is 7.90. The molecule has 0 aliphatic heterocycles. The van der Waals surface area contributed by atoms with Gasteiger partial charge in [0.15, 0.2) is 10.6 Å². The first kappa shape index (κ1) is 24.9. The van der Waals surface area contributed by atoms with E-state index in [9.17, 15) is 26.4 Å². The zero-order valence-electron chi connectivity index (χ0n) is 18.0. The van der Waals surface area contributed by atoms with Crippen LogP contribution in [0.3, 0.4) is 0 Å². The first-order chi connectivity index (χ1) is 16.0. The lowest BCUT2D eigenvalue weighted by Crippen LogP contribution is -2.32. The van der Waals surface area contributed by atoms with Crippen molar-refractivity contribution in [2.24, 2.45) is 0 Å². The number of methoxy groups -OCH3 is 1. The van der Waals surface area contributed by atoms with E-state index >= 15 is 0 Å². The van der Waals surface area contributed by atoms with Gasteiger partial charge in [0.25, 0.3) is 15.9 Å². The summed E-state index contributed by atoms with van der Waals surface area (Å²) in [5.74, 6) is -2.24. The Balaban J connectivity index is 1.92. The number of hydrogen-bond acceptors (Lipinski definition) is 7. The van der Waals surface area contributed by atoms with Crippen molar-refractivity contribution in [3.8, 4) is 17.2 Å². The zero-order valence-corrected chi connectivity index (χ0v) is 18.8. The summed E-state index contributed by atoms with van der Waals surface area (Å²) in [5, 5.41) is 4.08. The second kappa shape index (κ2) is 10.0. The number of aromatic nitrogens is 2. The van der Waals surface area contributed by atoms with Gasteiger partial charge in [-0.25, -0.2) is 13.1 Å². The van der Waals surface area contributed by atoms with Crippen LogP contribution in [-0.4, -0.2) is 44.2 Å². The lowest BCUT2D eigenvalue weighted by atomic mass is 10.1. The Bertz CT molecular complexity index is 1260. The van der Waals surface area contributed by atoms with E-state index in [1.165, 1.54) is 26.2 Å². The SMILES string of the molecule is CCOc1cccc(OC(F)(F)F)c1S(=O)(=O)NC(=O)c1ccc(Cn2cccn2)c(OC)c1. The molecule has 0 unspecified atom stereocenters. The fourth-order valence-corrected chi connectivity index (χ4v) is 4.28. The molecule has 1 N–H and O–H groups in total. The molecule has 0 spiro atoms. The number of carbonyl (C=O) groups is 1. The molecular weight excluding hydrogens is 479 g/mol. The van der Waals surface area contributed by atoms with Crippen molar-refractivity contribution in [3.05, 3.63) is 66.0 Å². The van der Waals surface area contributed by atoms with E-state index < -0.39 is 38.7 Å². The molecule has 1 heterocycles. The third kappa shape index (κ3) is 5.98. The molecule has 0 radical (unpaired) electrons. The number of alkyl halides is 3. The summed E-state index contributed by atoms with van der Waals surface area (Å²) in [4.78, 5) is 11.8. The number of benzene rings is 2. The van der Waals surface area contributed by atoms with Crippen LogP contribution >= 0.6 is 0 Å². The van der Waals surface area contributed by atoms with E-state index in [1.54, 1.807) is 33.9 Å². The van der Waals surface area contributed by atoms with E-state index in [0.29, 0.717) is 12.1 Å². The summed E-state index contributed by atoms with van der Waals surface area (Å²) >= 11 is 0. The smallest absolute Gasteiger partial charge is 0.496 e. The van der Waals surface area contributed by atoms with Crippen molar-refractivity contribution < 1.29 is 40.6 Å². The fraction of sp³-hybridized carbons (Fsp3) is 0.238. The second-order valence-electron chi connectivity index (χ2n) is 6.73. The van der Waals surface area contributed by atoms with Crippen molar-refractivity contribution in [2.45, 2.75) is 24.7 Å². The third-order valence-corrected chi connectivity index (χ3v) is 5.80. The number of rotatable bonds is 9. The summed E-state index contributed by atoms with van der Waals surface area (Å²) in [7, 11) is -3.46. The van der Waals surface area contributed by atoms with E-state index in [4.69, 9.17) is 9.47 Å². The van der Waals surface area contributed by atoms with Gasteiger partial charge >= 0.3 is 6.36 Å². The number of amides is 1. The number of nitrogens with zero attached hydrogens (tertiary/aromatic N) is 2. The molecule has 0 aliphatic rings. The van der Waals surface area contributed by atoms with Gasteiger partial charge in [0.05, 0.1) is 20.3 Å². The molecule has 0 fully saturated rings. The molecule has 13 heteroatoms. The normalized spacial score (nSPS) is 11.7. The van der Waals surface area contributed by atoms with E-state index in [1.807, 2.05) is 0 Å². The van der Waals surface area contributed by atoms with Crippen LogP contribution in [0.1, 0.15) is 22.8 Å². The van der Waals surface area contributed by atoms with Gasteiger partial charge in [0.2, 0.25) is 0 Å². The first-order valence-electron chi connectivity index (χ1n) is 9.77. The molecule has 9 nitrogen and oxygen atoms in total. The summed E-state index contributed by atoms with van der Waals surface area (Å²) in [6.07, 6.45) is -1.85. The predicted molar refractivity (Wildman–Crippen MR) is 113 cm³/mol. The van der Waals surface area contributed by atoms with Crippen molar-refractivity contribution in [2.75, 3.05) is 13.7 Å². The molecule has 3 aromatic rings. The summed E-state index contributed by atoms with van der Waals surface area (Å²) in [5.41, 5.74) is 0.560. The standard InChI is InChI=1S/C21H20F3N3O6S/c1-3-32-16-6-4-7-17(33-21(22,23)24)19(16)34(29,30)26-20(28)14-8-9-15(18(12-14)31-2)13-27-11-5-10-25-27/h4-12H,3,13H2,1-2H3,(H,26,28). The molecule has 3 rings (SSSR count). The van der Waals surface area contributed by atoms with Crippen LogP contribution in [0.15, 0.2) is 59.8 Å². The van der Waals surface area contributed by atoms with Gasteiger partial charge in [0.1, 0.15) is 11.5 Å². The van der Waals surface area contributed by atoms with Crippen LogP contribution in [0.4, 0.5) is 13.2 Å².